The van der Waals surface area contributed by atoms with E-state index in [0.29, 0.717) is 6.04 Å². The van der Waals surface area contributed by atoms with Gasteiger partial charge in [-0.2, -0.15) is 0 Å². The van der Waals surface area contributed by atoms with Crippen LogP contribution in [-0.2, 0) is 6.42 Å². The van der Waals surface area contributed by atoms with Gasteiger partial charge in [0.2, 0.25) is 0 Å². The van der Waals surface area contributed by atoms with Crippen molar-refractivity contribution in [3.8, 4) is 0 Å². The number of hydrogen-bond acceptors (Lipinski definition) is 1. The molecule has 0 amide bonds. The van der Waals surface area contributed by atoms with E-state index in [1.165, 1.54) is 53.3 Å². The average Bonchev–Trinajstić information content (AvgIpc) is 2.72. The van der Waals surface area contributed by atoms with Crippen LogP contribution in [0.5, 0.6) is 0 Å². The molecule has 4 rings (SSSR count). The smallest absolute Gasteiger partial charge is 0.118 e. The largest absolute Gasteiger partial charge is 0.328 e. The molecule has 2 aliphatic heterocycles. The standard InChI is InChI=1S/C19H20ClNS/c20-15-8-9-18-14(12-15)13-17(21-10-4-1-5-11-21)16-6-2-3-7-19(16)22-18/h2-3,6-9,12,17H,1,4-5,10-11,13H2/p+1/t17-/m1/s1. The van der Waals surface area contributed by atoms with Crippen LogP contribution in [0.2, 0.25) is 5.02 Å². The van der Waals surface area contributed by atoms with E-state index in [4.69, 9.17) is 11.6 Å². The molecule has 2 aromatic carbocycles. The average molecular weight is 331 g/mol. The van der Waals surface area contributed by atoms with Gasteiger partial charge in [-0.05, 0) is 49.1 Å². The van der Waals surface area contributed by atoms with Gasteiger partial charge in [0.15, 0.2) is 0 Å². The number of quaternary nitrogens is 1. The molecule has 2 aromatic rings. The van der Waals surface area contributed by atoms with Gasteiger partial charge in [0.25, 0.3) is 0 Å². The summed E-state index contributed by atoms with van der Waals surface area (Å²) in [5, 5.41) is 0.859. The van der Waals surface area contributed by atoms with E-state index in [-0.39, 0.29) is 0 Å². The van der Waals surface area contributed by atoms with Gasteiger partial charge in [-0.3, -0.25) is 0 Å². The Morgan fingerprint density at radius 3 is 2.64 bits per heavy atom. The third kappa shape index (κ3) is 2.80. The lowest BCUT2D eigenvalue weighted by Crippen LogP contribution is -3.13. The second-order valence-electron chi connectivity index (χ2n) is 6.37. The molecule has 0 bridgehead atoms. The van der Waals surface area contributed by atoms with E-state index < -0.39 is 0 Å². The highest BCUT2D eigenvalue weighted by atomic mass is 35.5. The van der Waals surface area contributed by atoms with Crippen molar-refractivity contribution in [1.82, 2.24) is 0 Å². The summed E-state index contributed by atoms with van der Waals surface area (Å²) in [7, 11) is 0. The molecule has 0 unspecified atom stereocenters. The van der Waals surface area contributed by atoms with Gasteiger partial charge in [-0.25, -0.2) is 0 Å². The van der Waals surface area contributed by atoms with Gasteiger partial charge in [0.1, 0.15) is 6.04 Å². The molecule has 0 aromatic heterocycles. The van der Waals surface area contributed by atoms with Gasteiger partial charge in [0.05, 0.1) is 13.1 Å². The normalized spacial score (nSPS) is 21.8. The molecule has 0 aliphatic carbocycles. The number of halogens is 1. The molecule has 1 nitrogen and oxygen atoms in total. The summed E-state index contributed by atoms with van der Waals surface area (Å²) < 4.78 is 0. The Hall–Kier alpha value is -0.960. The van der Waals surface area contributed by atoms with Crippen LogP contribution in [0.25, 0.3) is 0 Å². The summed E-state index contributed by atoms with van der Waals surface area (Å²) in [4.78, 5) is 4.55. The van der Waals surface area contributed by atoms with Gasteiger partial charge >= 0.3 is 0 Å². The fraction of sp³-hybridized carbons (Fsp3) is 0.368. The number of likely N-dealkylation sites (tertiary alicyclic amines) is 1. The third-order valence-electron chi connectivity index (χ3n) is 4.95. The van der Waals surface area contributed by atoms with Crippen molar-refractivity contribution in [2.75, 3.05) is 13.1 Å². The maximum atomic E-state index is 6.26. The molecule has 2 aliphatic rings. The minimum atomic E-state index is 0.573. The Balaban J connectivity index is 1.78. The predicted molar refractivity (Wildman–Crippen MR) is 93.0 cm³/mol. The topological polar surface area (TPSA) is 4.44 Å². The number of rotatable bonds is 1. The molecule has 1 atom stereocenters. The van der Waals surface area contributed by atoms with Crippen LogP contribution in [0.4, 0.5) is 0 Å². The monoisotopic (exact) mass is 330 g/mol. The lowest BCUT2D eigenvalue weighted by atomic mass is 9.95. The maximum Gasteiger partial charge on any atom is 0.118 e. The Morgan fingerprint density at radius 1 is 0.955 bits per heavy atom. The SMILES string of the molecule is Clc1ccc2c(c1)C[C@@H]([NH+]1CCCCC1)c1ccccc1S2. The van der Waals surface area contributed by atoms with Crippen molar-refractivity contribution in [3.05, 3.63) is 58.6 Å². The Kier molecular flexibility index (Phi) is 4.17. The molecular formula is C19H21ClNS+. The first-order valence-electron chi connectivity index (χ1n) is 8.21. The van der Waals surface area contributed by atoms with E-state index in [1.807, 2.05) is 17.8 Å². The minimum absolute atomic E-state index is 0.573. The van der Waals surface area contributed by atoms with Gasteiger partial charge < -0.3 is 4.90 Å². The van der Waals surface area contributed by atoms with Crippen LogP contribution in [0.15, 0.2) is 52.3 Å². The van der Waals surface area contributed by atoms with Crippen LogP contribution in [0.3, 0.4) is 0 Å². The number of nitrogens with one attached hydrogen (secondary N) is 1. The van der Waals surface area contributed by atoms with Crippen LogP contribution < -0.4 is 4.90 Å². The predicted octanol–water partition coefficient (Wildman–Crippen LogP) is 4.16. The van der Waals surface area contributed by atoms with Gasteiger partial charge in [-0.15, -0.1) is 0 Å². The maximum absolute atomic E-state index is 6.26. The Morgan fingerprint density at radius 2 is 1.77 bits per heavy atom. The molecule has 0 saturated carbocycles. The molecule has 1 fully saturated rings. The van der Waals surface area contributed by atoms with Gasteiger partial charge in [-0.1, -0.05) is 41.6 Å². The number of hydrogen-bond donors (Lipinski definition) is 1. The van der Waals surface area contributed by atoms with Gasteiger partial charge in [0, 0.05) is 26.8 Å². The molecule has 0 spiro atoms. The highest BCUT2D eigenvalue weighted by Gasteiger charge is 2.31. The highest BCUT2D eigenvalue weighted by Crippen LogP contribution is 2.40. The molecule has 114 valence electrons. The molecule has 22 heavy (non-hydrogen) atoms. The molecule has 1 saturated heterocycles. The summed E-state index contributed by atoms with van der Waals surface area (Å²) >= 11 is 8.17. The van der Waals surface area contributed by atoms with Crippen LogP contribution in [-0.4, -0.2) is 13.1 Å². The first kappa shape index (κ1) is 14.6. The number of fused-ring (bicyclic) bond motifs is 2. The van der Waals surface area contributed by atoms with Crippen LogP contribution in [0, 0.1) is 0 Å². The Bertz CT molecular complexity index is 679. The minimum Gasteiger partial charge on any atom is -0.328 e. The third-order valence-corrected chi connectivity index (χ3v) is 6.39. The number of benzene rings is 2. The van der Waals surface area contributed by atoms with E-state index in [0.717, 1.165) is 11.4 Å². The second kappa shape index (κ2) is 6.27. The van der Waals surface area contributed by atoms with E-state index in [2.05, 4.69) is 36.4 Å². The zero-order valence-corrected chi connectivity index (χ0v) is 14.2. The molecule has 3 heteroatoms. The van der Waals surface area contributed by atoms with Crippen LogP contribution >= 0.6 is 23.4 Å². The van der Waals surface area contributed by atoms with Crippen molar-refractivity contribution in [2.24, 2.45) is 0 Å². The quantitative estimate of drug-likeness (QED) is 0.822. The lowest BCUT2D eigenvalue weighted by Gasteiger charge is -2.32. The van der Waals surface area contributed by atoms with E-state index in [9.17, 15) is 0 Å². The van der Waals surface area contributed by atoms with Crippen molar-refractivity contribution in [2.45, 2.75) is 41.5 Å². The molecule has 2 heterocycles. The summed E-state index contributed by atoms with van der Waals surface area (Å²) in [6.45, 7) is 2.61. The highest BCUT2D eigenvalue weighted by molar-refractivity contribution is 7.99. The second-order valence-corrected chi connectivity index (χ2v) is 7.89. The van der Waals surface area contributed by atoms with Crippen molar-refractivity contribution in [1.29, 1.82) is 0 Å². The lowest BCUT2D eigenvalue weighted by molar-refractivity contribution is -0.936. The molecular weight excluding hydrogens is 310 g/mol. The summed E-state index contributed by atoms with van der Waals surface area (Å²) in [6, 6.07) is 15.9. The fourth-order valence-electron chi connectivity index (χ4n) is 3.84. The number of piperidine rings is 1. The first-order valence-corrected chi connectivity index (χ1v) is 9.40. The summed E-state index contributed by atoms with van der Waals surface area (Å²) in [5.41, 5.74) is 2.94. The zero-order chi connectivity index (χ0) is 14.9. The van der Waals surface area contributed by atoms with Crippen molar-refractivity contribution in [3.63, 3.8) is 0 Å². The Labute approximate surface area is 141 Å². The summed E-state index contributed by atoms with van der Waals surface area (Å²) in [5.74, 6) is 0. The van der Waals surface area contributed by atoms with E-state index in [1.54, 1.807) is 4.90 Å². The van der Waals surface area contributed by atoms with Crippen molar-refractivity contribution >= 4 is 23.4 Å². The molecule has 1 N–H and O–H groups in total. The summed E-state index contributed by atoms with van der Waals surface area (Å²) in [6.07, 6.45) is 5.23. The fourth-order valence-corrected chi connectivity index (χ4v) is 5.15. The molecule has 0 radical (unpaired) electrons. The van der Waals surface area contributed by atoms with E-state index >= 15 is 0 Å². The van der Waals surface area contributed by atoms with Crippen LogP contribution in [0.1, 0.15) is 36.4 Å². The van der Waals surface area contributed by atoms with Crippen molar-refractivity contribution < 1.29 is 4.90 Å². The zero-order valence-electron chi connectivity index (χ0n) is 12.6. The first-order chi connectivity index (χ1) is 10.8.